The molecule has 3 N–H and O–H groups in total. The van der Waals surface area contributed by atoms with Gasteiger partial charge in [0, 0.05) is 9.26 Å². The van der Waals surface area contributed by atoms with Crippen LogP contribution in [0.5, 0.6) is 0 Å². The van der Waals surface area contributed by atoms with E-state index in [-0.39, 0.29) is 18.3 Å². The van der Waals surface area contributed by atoms with Crippen LogP contribution in [0.3, 0.4) is 0 Å². The van der Waals surface area contributed by atoms with Crippen molar-refractivity contribution < 1.29 is 4.79 Å². The van der Waals surface area contributed by atoms with Crippen molar-refractivity contribution in [3.63, 3.8) is 0 Å². The van der Waals surface area contributed by atoms with Crippen molar-refractivity contribution in [3.05, 3.63) is 27.8 Å². The van der Waals surface area contributed by atoms with Crippen LogP contribution in [0.25, 0.3) is 0 Å². The molecule has 0 spiro atoms. The van der Waals surface area contributed by atoms with Crippen LogP contribution in [0.4, 0.5) is 5.69 Å². The molecule has 1 aliphatic carbocycles. The van der Waals surface area contributed by atoms with Gasteiger partial charge in [0.15, 0.2) is 0 Å². The fraction of sp³-hybridized carbons (Fsp3) is 0.462. The molecule has 0 aliphatic heterocycles. The van der Waals surface area contributed by atoms with Gasteiger partial charge >= 0.3 is 0 Å². The molecule has 1 aromatic rings. The highest BCUT2D eigenvalue weighted by molar-refractivity contribution is 14.1. The average molecular weight is 381 g/mol. The van der Waals surface area contributed by atoms with Gasteiger partial charge < -0.3 is 11.1 Å². The van der Waals surface area contributed by atoms with Crippen molar-refractivity contribution in [1.29, 1.82) is 0 Å². The number of carbonyl (C=O) groups excluding carboxylic acids is 1. The van der Waals surface area contributed by atoms with Crippen molar-refractivity contribution in [1.82, 2.24) is 0 Å². The van der Waals surface area contributed by atoms with Gasteiger partial charge in [-0.15, -0.1) is 12.4 Å². The molecule has 1 aliphatic rings. The normalized spacial score (nSPS) is 17.7. The van der Waals surface area contributed by atoms with Gasteiger partial charge in [0.1, 0.15) is 0 Å². The number of hydrogen-bond acceptors (Lipinski definition) is 2. The quantitative estimate of drug-likeness (QED) is 0.773. The molecule has 3 nitrogen and oxygen atoms in total. The number of benzene rings is 1. The van der Waals surface area contributed by atoms with Crippen molar-refractivity contribution in [3.8, 4) is 0 Å². The first-order valence-electron chi connectivity index (χ1n) is 5.96. The first-order valence-corrected chi connectivity index (χ1v) is 7.04. The molecule has 1 fully saturated rings. The molecule has 0 saturated heterocycles. The number of halogens is 2. The Bertz CT molecular complexity index is 402. The zero-order valence-corrected chi connectivity index (χ0v) is 13.1. The Morgan fingerprint density at radius 3 is 2.28 bits per heavy atom. The van der Waals surface area contributed by atoms with Gasteiger partial charge in [-0.05, 0) is 59.7 Å². The largest absolute Gasteiger partial charge is 0.324 e. The summed E-state index contributed by atoms with van der Waals surface area (Å²) in [4.78, 5) is 12.1. The molecular weight excluding hydrogens is 363 g/mol. The molecule has 0 radical (unpaired) electrons. The summed E-state index contributed by atoms with van der Waals surface area (Å²) in [5, 5.41) is 2.91. The lowest BCUT2D eigenvalue weighted by Gasteiger charge is -2.31. The molecular formula is C13H18ClIN2O. The van der Waals surface area contributed by atoms with Crippen LogP contribution in [0, 0.1) is 3.57 Å². The second-order valence-corrected chi connectivity index (χ2v) is 5.92. The smallest absolute Gasteiger partial charge is 0.244 e. The van der Waals surface area contributed by atoms with Gasteiger partial charge in [-0.1, -0.05) is 19.3 Å². The third kappa shape index (κ3) is 3.83. The van der Waals surface area contributed by atoms with Gasteiger partial charge in [0.05, 0.1) is 5.54 Å². The highest BCUT2D eigenvalue weighted by atomic mass is 127. The number of rotatable bonds is 2. The minimum Gasteiger partial charge on any atom is -0.324 e. The van der Waals surface area contributed by atoms with E-state index in [0.29, 0.717) is 0 Å². The summed E-state index contributed by atoms with van der Waals surface area (Å²) in [7, 11) is 0. The summed E-state index contributed by atoms with van der Waals surface area (Å²) >= 11 is 2.24. The number of nitrogens with two attached hydrogens (primary N) is 1. The van der Waals surface area contributed by atoms with Crippen molar-refractivity contribution in [2.24, 2.45) is 5.73 Å². The molecule has 0 heterocycles. The lowest BCUT2D eigenvalue weighted by atomic mass is 9.82. The first-order chi connectivity index (χ1) is 8.10. The Morgan fingerprint density at radius 2 is 1.72 bits per heavy atom. The Kier molecular flexibility index (Phi) is 5.88. The van der Waals surface area contributed by atoms with Crippen molar-refractivity contribution >= 4 is 46.6 Å². The zero-order chi connectivity index (χ0) is 12.3. The van der Waals surface area contributed by atoms with Crippen LogP contribution >= 0.6 is 35.0 Å². The molecule has 1 aromatic carbocycles. The summed E-state index contributed by atoms with van der Waals surface area (Å²) in [6.07, 6.45) is 4.88. The molecule has 0 unspecified atom stereocenters. The Morgan fingerprint density at radius 1 is 1.17 bits per heavy atom. The Hall–Kier alpha value is -0.330. The van der Waals surface area contributed by atoms with Crippen LogP contribution in [-0.4, -0.2) is 11.4 Å². The fourth-order valence-corrected chi connectivity index (χ4v) is 2.56. The second kappa shape index (κ2) is 6.73. The van der Waals surface area contributed by atoms with E-state index in [1.807, 2.05) is 24.3 Å². The van der Waals surface area contributed by atoms with Crippen LogP contribution in [0.15, 0.2) is 24.3 Å². The zero-order valence-electron chi connectivity index (χ0n) is 10.1. The van der Waals surface area contributed by atoms with Crippen LogP contribution in [0.2, 0.25) is 0 Å². The average Bonchev–Trinajstić information content (AvgIpc) is 2.33. The molecule has 1 saturated carbocycles. The summed E-state index contributed by atoms with van der Waals surface area (Å²) in [5.74, 6) is -0.0431. The van der Waals surface area contributed by atoms with Gasteiger partial charge in [-0.25, -0.2) is 0 Å². The monoisotopic (exact) mass is 380 g/mol. The summed E-state index contributed by atoms with van der Waals surface area (Å²) in [6.45, 7) is 0. The summed E-state index contributed by atoms with van der Waals surface area (Å²) < 4.78 is 1.15. The first kappa shape index (κ1) is 15.7. The van der Waals surface area contributed by atoms with E-state index >= 15 is 0 Å². The van der Waals surface area contributed by atoms with E-state index in [2.05, 4.69) is 27.9 Å². The third-order valence-corrected chi connectivity index (χ3v) is 4.02. The van der Waals surface area contributed by atoms with E-state index in [0.717, 1.165) is 34.9 Å². The molecule has 5 heteroatoms. The standard InChI is InChI=1S/C13H17IN2O.ClH/c14-10-4-6-11(7-5-10)16-12(17)13(15)8-2-1-3-9-13;/h4-7H,1-3,8-9,15H2,(H,16,17);1H. The predicted molar refractivity (Wildman–Crippen MR) is 85.0 cm³/mol. The molecule has 18 heavy (non-hydrogen) atoms. The number of carbonyl (C=O) groups is 1. The van der Waals surface area contributed by atoms with E-state index in [1.54, 1.807) is 0 Å². The van der Waals surface area contributed by atoms with Crippen LogP contribution in [-0.2, 0) is 4.79 Å². The van der Waals surface area contributed by atoms with Crippen LogP contribution in [0.1, 0.15) is 32.1 Å². The lowest BCUT2D eigenvalue weighted by molar-refractivity contribution is -0.122. The SMILES string of the molecule is Cl.NC1(C(=O)Nc2ccc(I)cc2)CCCCC1. The Balaban J connectivity index is 0.00000162. The van der Waals surface area contributed by atoms with Gasteiger partial charge in [-0.2, -0.15) is 0 Å². The van der Waals surface area contributed by atoms with E-state index in [4.69, 9.17) is 5.73 Å². The number of nitrogens with one attached hydrogen (secondary N) is 1. The van der Waals surface area contributed by atoms with E-state index < -0.39 is 5.54 Å². The van der Waals surface area contributed by atoms with Crippen molar-refractivity contribution in [2.75, 3.05) is 5.32 Å². The highest BCUT2D eigenvalue weighted by Gasteiger charge is 2.35. The summed E-state index contributed by atoms with van der Waals surface area (Å²) in [6, 6.07) is 7.76. The van der Waals surface area contributed by atoms with Gasteiger partial charge in [0.2, 0.25) is 5.91 Å². The highest BCUT2D eigenvalue weighted by Crippen LogP contribution is 2.27. The van der Waals surface area contributed by atoms with Crippen molar-refractivity contribution in [2.45, 2.75) is 37.6 Å². The van der Waals surface area contributed by atoms with E-state index in [1.165, 1.54) is 6.42 Å². The predicted octanol–water partition coefficient (Wildman–Crippen LogP) is 3.31. The topological polar surface area (TPSA) is 55.1 Å². The Labute approximate surface area is 127 Å². The molecule has 0 bridgehead atoms. The maximum atomic E-state index is 12.1. The second-order valence-electron chi connectivity index (χ2n) is 4.68. The van der Waals surface area contributed by atoms with Crippen LogP contribution < -0.4 is 11.1 Å². The van der Waals surface area contributed by atoms with Gasteiger partial charge in [0.25, 0.3) is 0 Å². The molecule has 1 amide bonds. The molecule has 0 atom stereocenters. The fourth-order valence-electron chi connectivity index (χ4n) is 2.20. The lowest BCUT2D eigenvalue weighted by Crippen LogP contribution is -2.52. The maximum Gasteiger partial charge on any atom is 0.244 e. The third-order valence-electron chi connectivity index (χ3n) is 3.30. The van der Waals surface area contributed by atoms with E-state index in [9.17, 15) is 4.79 Å². The molecule has 100 valence electrons. The number of anilines is 1. The molecule has 2 rings (SSSR count). The minimum atomic E-state index is -0.665. The summed E-state index contributed by atoms with van der Waals surface area (Å²) in [5.41, 5.74) is 6.33. The minimum absolute atomic E-state index is 0. The number of amides is 1. The maximum absolute atomic E-state index is 12.1. The van der Waals surface area contributed by atoms with Gasteiger partial charge in [-0.3, -0.25) is 4.79 Å². The number of hydrogen-bond donors (Lipinski definition) is 2. The molecule has 0 aromatic heterocycles.